The molecule has 3 aliphatic rings. The number of rotatable bonds is 3. The lowest BCUT2D eigenvalue weighted by Gasteiger charge is -2.21. The average molecular weight is 483 g/mol. The molecule has 1 unspecified atom stereocenters. The summed E-state index contributed by atoms with van der Waals surface area (Å²) in [6, 6.07) is 14.6. The number of nitrogens with one attached hydrogen (secondary N) is 1. The van der Waals surface area contributed by atoms with Crippen LogP contribution in [0.3, 0.4) is 0 Å². The first-order valence-corrected chi connectivity index (χ1v) is 10.2. The normalized spacial score (nSPS) is 30.6. The van der Waals surface area contributed by atoms with Crippen molar-refractivity contribution in [1.82, 2.24) is 0 Å². The molecule has 2 fully saturated rings. The van der Waals surface area contributed by atoms with Crippen LogP contribution in [0.2, 0.25) is 10.0 Å². The molecule has 2 saturated heterocycles. The summed E-state index contributed by atoms with van der Waals surface area (Å²) >= 11 is 15.5. The van der Waals surface area contributed by atoms with E-state index in [9.17, 15) is 4.79 Å². The maximum atomic E-state index is 12.9. The monoisotopic (exact) mass is 481 g/mol. The van der Waals surface area contributed by atoms with Gasteiger partial charge in [0.1, 0.15) is 24.4 Å². The number of benzene rings is 2. The molecule has 0 aliphatic carbocycles. The number of hydrogen-bond acceptors (Lipinski definition) is 4. The Bertz CT molecular complexity index is 983. The lowest BCUT2D eigenvalue weighted by molar-refractivity contribution is -0.120. The van der Waals surface area contributed by atoms with Crippen LogP contribution in [0.25, 0.3) is 0 Å². The van der Waals surface area contributed by atoms with Gasteiger partial charge >= 0.3 is 0 Å². The quantitative estimate of drug-likeness (QED) is 0.679. The molecule has 0 radical (unpaired) electrons. The fourth-order valence-corrected chi connectivity index (χ4v) is 4.85. The van der Waals surface area contributed by atoms with Gasteiger partial charge in [-0.1, -0.05) is 69.5 Å². The minimum absolute atomic E-state index is 0.258. The second-order valence-corrected chi connectivity index (χ2v) is 8.43. The molecule has 0 saturated carbocycles. The van der Waals surface area contributed by atoms with Crippen LogP contribution in [0.1, 0.15) is 11.9 Å². The lowest BCUT2D eigenvalue weighted by Crippen LogP contribution is -2.38. The zero-order valence-corrected chi connectivity index (χ0v) is 17.4. The van der Waals surface area contributed by atoms with Crippen molar-refractivity contribution in [2.24, 2.45) is 0 Å². The van der Waals surface area contributed by atoms with Crippen LogP contribution in [-0.4, -0.2) is 30.3 Å². The molecule has 5 nitrogen and oxygen atoms in total. The molecule has 2 aromatic rings. The highest BCUT2D eigenvalue weighted by Gasteiger charge is 2.60. The number of anilines is 1. The first-order valence-electron chi connectivity index (χ1n) is 8.70. The van der Waals surface area contributed by atoms with E-state index >= 15 is 0 Å². The van der Waals surface area contributed by atoms with Crippen molar-refractivity contribution >= 4 is 50.7 Å². The number of fused-ring (bicyclic) bond motifs is 5. The molecule has 3 aliphatic heterocycles. The van der Waals surface area contributed by atoms with E-state index in [4.69, 9.17) is 37.4 Å². The average Bonchev–Trinajstić information content (AvgIpc) is 3.35. The van der Waals surface area contributed by atoms with E-state index in [1.165, 1.54) is 0 Å². The smallest absolute Gasteiger partial charge is 0.255 e. The molecule has 5 atom stereocenters. The highest BCUT2D eigenvalue weighted by molar-refractivity contribution is 9.11. The number of ether oxygens (including phenoxy) is 3. The molecule has 8 heteroatoms. The van der Waals surface area contributed by atoms with E-state index in [2.05, 4.69) is 21.2 Å². The standard InChI is InChI=1S/C20H14BrCl2NO4/c21-14-13(19(25)24-10-6-7-11(22)12(23)8-10)15-17-18(16(14)26-15)28-20(27-17)9-4-2-1-3-5-9/h1-8,15-18,20H,(H,24,25)/t15-,16+,17-,18+,20?/m0/s1. The van der Waals surface area contributed by atoms with Crippen LogP contribution in [0.15, 0.2) is 58.6 Å². The van der Waals surface area contributed by atoms with Crippen molar-refractivity contribution in [1.29, 1.82) is 0 Å². The summed E-state index contributed by atoms with van der Waals surface area (Å²) < 4.78 is 18.8. The molecule has 0 aromatic heterocycles. The van der Waals surface area contributed by atoms with E-state index < -0.39 is 12.4 Å². The summed E-state index contributed by atoms with van der Waals surface area (Å²) in [6.07, 6.45) is -1.93. The van der Waals surface area contributed by atoms with Gasteiger partial charge in [0.05, 0.1) is 15.6 Å². The molecular formula is C20H14BrCl2NO4. The highest BCUT2D eigenvalue weighted by atomic mass is 79.9. The Balaban J connectivity index is 1.36. The number of carbonyl (C=O) groups is 1. The molecular weight excluding hydrogens is 469 g/mol. The van der Waals surface area contributed by atoms with E-state index in [0.29, 0.717) is 25.8 Å². The SMILES string of the molecule is O=C(Nc1ccc(Cl)c(Cl)c1)C1=C(Br)[C@H]2O[C@@H]1[C@@H]1OC(c3ccccc3)O[C@@H]12. The van der Waals surface area contributed by atoms with Crippen LogP contribution in [0.4, 0.5) is 5.69 Å². The van der Waals surface area contributed by atoms with Crippen molar-refractivity contribution in [2.75, 3.05) is 5.32 Å². The van der Waals surface area contributed by atoms with Gasteiger partial charge in [0.2, 0.25) is 0 Å². The Morgan fingerprint density at radius 3 is 2.36 bits per heavy atom. The van der Waals surface area contributed by atoms with E-state index in [0.717, 1.165) is 5.56 Å². The van der Waals surface area contributed by atoms with E-state index in [1.807, 2.05) is 30.3 Å². The molecule has 2 aromatic carbocycles. The van der Waals surface area contributed by atoms with Gasteiger partial charge in [0.25, 0.3) is 5.91 Å². The molecule has 1 N–H and O–H groups in total. The first-order chi connectivity index (χ1) is 13.5. The van der Waals surface area contributed by atoms with E-state index in [-0.39, 0.29) is 24.2 Å². The number of halogens is 3. The number of carbonyl (C=O) groups excluding carboxylic acids is 1. The van der Waals surface area contributed by atoms with Crippen molar-refractivity contribution < 1.29 is 19.0 Å². The zero-order chi connectivity index (χ0) is 19.4. The Labute approximate surface area is 179 Å². The third-order valence-corrected chi connectivity index (χ3v) is 6.68. The second kappa shape index (κ2) is 7.13. The van der Waals surface area contributed by atoms with Gasteiger partial charge in [-0.15, -0.1) is 0 Å². The Morgan fingerprint density at radius 1 is 0.929 bits per heavy atom. The molecule has 1 amide bonds. The van der Waals surface area contributed by atoms with Gasteiger partial charge < -0.3 is 19.5 Å². The Morgan fingerprint density at radius 2 is 1.64 bits per heavy atom. The largest absolute Gasteiger partial charge is 0.359 e. The maximum absolute atomic E-state index is 12.9. The molecule has 28 heavy (non-hydrogen) atoms. The fraction of sp³-hybridized carbons (Fsp3) is 0.250. The Kier molecular flexibility index (Phi) is 4.74. The van der Waals surface area contributed by atoms with Gasteiger partial charge in [-0.2, -0.15) is 0 Å². The van der Waals surface area contributed by atoms with Crippen LogP contribution in [-0.2, 0) is 19.0 Å². The third kappa shape index (κ3) is 3.00. The van der Waals surface area contributed by atoms with Crippen molar-refractivity contribution in [3.05, 3.63) is 74.2 Å². The zero-order valence-electron chi connectivity index (χ0n) is 14.3. The van der Waals surface area contributed by atoms with Crippen molar-refractivity contribution in [3.63, 3.8) is 0 Å². The van der Waals surface area contributed by atoms with Gasteiger partial charge in [-0.25, -0.2) is 0 Å². The van der Waals surface area contributed by atoms with Gasteiger partial charge in [-0.3, -0.25) is 4.79 Å². The van der Waals surface area contributed by atoms with Crippen LogP contribution in [0.5, 0.6) is 0 Å². The van der Waals surface area contributed by atoms with Crippen LogP contribution < -0.4 is 5.32 Å². The molecule has 5 rings (SSSR count). The predicted octanol–water partition coefficient (Wildman–Crippen LogP) is 4.84. The lowest BCUT2D eigenvalue weighted by atomic mass is 9.94. The fourth-order valence-electron chi connectivity index (χ4n) is 3.78. The molecule has 0 spiro atoms. The summed E-state index contributed by atoms with van der Waals surface area (Å²) in [6.45, 7) is 0. The van der Waals surface area contributed by atoms with Crippen molar-refractivity contribution in [2.45, 2.75) is 30.7 Å². The summed E-state index contributed by atoms with van der Waals surface area (Å²) in [4.78, 5) is 12.9. The summed E-state index contributed by atoms with van der Waals surface area (Å²) in [7, 11) is 0. The molecule has 144 valence electrons. The maximum Gasteiger partial charge on any atom is 0.255 e. The number of hydrogen-bond donors (Lipinski definition) is 1. The summed E-state index contributed by atoms with van der Waals surface area (Å²) in [5.41, 5.74) is 2.00. The first kappa shape index (κ1) is 18.6. The van der Waals surface area contributed by atoms with Gasteiger partial charge in [-0.05, 0) is 18.2 Å². The third-order valence-electron chi connectivity index (χ3n) is 5.06. The van der Waals surface area contributed by atoms with Gasteiger partial charge in [0, 0.05) is 15.7 Å². The minimum atomic E-state index is -0.499. The van der Waals surface area contributed by atoms with Crippen LogP contribution in [0, 0.1) is 0 Å². The second-order valence-electron chi connectivity index (χ2n) is 6.77. The summed E-state index contributed by atoms with van der Waals surface area (Å²) in [5, 5.41) is 3.64. The molecule has 3 heterocycles. The van der Waals surface area contributed by atoms with Crippen LogP contribution >= 0.6 is 39.1 Å². The van der Waals surface area contributed by atoms with Gasteiger partial charge in [0.15, 0.2) is 6.29 Å². The minimum Gasteiger partial charge on any atom is -0.359 e. The Hall–Kier alpha value is -1.41. The number of amides is 1. The predicted molar refractivity (Wildman–Crippen MR) is 109 cm³/mol. The topological polar surface area (TPSA) is 56.8 Å². The summed E-state index contributed by atoms with van der Waals surface area (Å²) in [5.74, 6) is -0.275. The van der Waals surface area contributed by atoms with Crippen molar-refractivity contribution in [3.8, 4) is 0 Å². The highest BCUT2D eigenvalue weighted by Crippen LogP contribution is 2.50. The molecule has 2 bridgehead atoms. The van der Waals surface area contributed by atoms with E-state index in [1.54, 1.807) is 18.2 Å².